The Morgan fingerprint density at radius 2 is 1.94 bits per heavy atom. The summed E-state index contributed by atoms with van der Waals surface area (Å²) in [5.74, 6) is 1.11. The van der Waals surface area contributed by atoms with Crippen molar-refractivity contribution in [1.82, 2.24) is 19.2 Å². The minimum atomic E-state index is -0.0521. The van der Waals surface area contributed by atoms with Crippen LogP contribution in [0.25, 0.3) is 0 Å². The summed E-state index contributed by atoms with van der Waals surface area (Å²) >= 11 is 0. The van der Waals surface area contributed by atoms with Gasteiger partial charge < -0.3 is 9.88 Å². The number of hydrogen-bond donors (Lipinski definition) is 1. The van der Waals surface area contributed by atoms with Gasteiger partial charge in [0, 0.05) is 56.1 Å². The smallest absolute Gasteiger partial charge is 0.251 e. The maximum absolute atomic E-state index is 12.8. The Morgan fingerprint density at radius 1 is 1.10 bits per heavy atom. The fourth-order valence-electron chi connectivity index (χ4n) is 5.25. The summed E-state index contributed by atoms with van der Waals surface area (Å²) in [6.45, 7) is 1.93. The van der Waals surface area contributed by atoms with Crippen LogP contribution in [0.2, 0.25) is 0 Å². The van der Waals surface area contributed by atoms with E-state index in [1.807, 2.05) is 42.1 Å². The third kappa shape index (κ3) is 4.05. The SMILES string of the molecule is Cn1ccc(NC(=O)CN2C[C@H]3C[C@@H](C2)[C@H](Cc2ccccc2)n2c3cccc2=O)n1. The van der Waals surface area contributed by atoms with Gasteiger partial charge in [-0.05, 0) is 30.4 Å². The summed E-state index contributed by atoms with van der Waals surface area (Å²) in [4.78, 5) is 27.7. The monoisotopic (exact) mass is 417 g/mol. The Kier molecular flexibility index (Phi) is 5.19. The minimum absolute atomic E-state index is 0.0521. The average molecular weight is 418 g/mol. The number of nitrogens with one attached hydrogen (secondary N) is 1. The van der Waals surface area contributed by atoms with Gasteiger partial charge in [0.2, 0.25) is 5.91 Å². The molecule has 7 nitrogen and oxygen atoms in total. The van der Waals surface area contributed by atoms with Crippen LogP contribution in [0, 0.1) is 5.92 Å². The van der Waals surface area contributed by atoms with Gasteiger partial charge in [-0.25, -0.2) is 0 Å². The predicted octanol–water partition coefficient (Wildman–Crippen LogP) is 2.42. The number of likely N-dealkylation sites (tertiary alicyclic amines) is 1. The second kappa shape index (κ2) is 8.15. The number of aromatic nitrogens is 3. The van der Waals surface area contributed by atoms with Crippen molar-refractivity contribution in [3.05, 3.63) is 82.4 Å². The average Bonchev–Trinajstić information content (AvgIpc) is 3.16. The van der Waals surface area contributed by atoms with Crippen molar-refractivity contribution in [2.24, 2.45) is 13.0 Å². The summed E-state index contributed by atoms with van der Waals surface area (Å²) in [5.41, 5.74) is 2.41. The molecule has 0 radical (unpaired) electrons. The van der Waals surface area contributed by atoms with Gasteiger partial charge in [0.25, 0.3) is 5.56 Å². The largest absolute Gasteiger partial charge is 0.309 e. The van der Waals surface area contributed by atoms with Gasteiger partial charge in [-0.1, -0.05) is 36.4 Å². The molecule has 0 saturated carbocycles. The van der Waals surface area contributed by atoms with Crippen molar-refractivity contribution in [3.8, 4) is 0 Å². The second-order valence-corrected chi connectivity index (χ2v) is 8.73. The molecular formula is C24H27N5O2. The molecule has 2 aliphatic heterocycles. The molecule has 0 spiro atoms. The molecule has 160 valence electrons. The van der Waals surface area contributed by atoms with Gasteiger partial charge in [-0.2, -0.15) is 5.10 Å². The Labute approximate surface area is 181 Å². The topological polar surface area (TPSA) is 72.2 Å². The number of benzene rings is 1. The first-order chi connectivity index (χ1) is 15.1. The summed E-state index contributed by atoms with van der Waals surface area (Å²) in [6, 6.07) is 17.9. The van der Waals surface area contributed by atoms with E-state index in [0.717, 1.165) is 31.6 Å². The van der Waals surface area contributed by atoms with E-state index in [2.05, 4.69) is 33.5 Å². The van der Waals surface area contributed by atoms with E-state index in [1.54, 1.807) is 16.8 Å². The highest BCUT2D eigenvalue weighted by molar-refractivity contribution is 5.91. The van der Waals surface area contributed by atoms with Gasteiger partial charge in [-0.15, -0.1) is 0 Å². The fourth-order valence-corrected chi connectivity index (χ4v) is 5.25. The zero-order valence-electron chi connectivity index (χ0n) is 17.6. The minimum Gasteiger partial charge on any atom is -0.309 e. The lowest BCUT2D eigenvalue weighted by atomic mass is 9.76. The lowest BCUT2D eigenvalue weighted by Gasteiger charge is -2.47. The molecule has 7 heteroatoms. The maximum atomic E-state index is 12.8. The van der Waals surface area contributed by atoms with Crippen LogP contribution >= 0.6 is 0 Å². The standard InChI is InChI=1S/C24H27N5O2/c1-27-11-10-22(26-27)25-23(30)16-28-14-18-13-19(15-28)21(12-17-6-3-2-4-7-17)29-20(18)8-5-9-24(29)31/h2-11,18-19,21H,12-16H2,1H3,(H,25,26,30)/t18-,19+,21+/m1/s1. The van der Waals surface area contributed by atoms with E-state index in [9.17, 15) is 9.59 Å². The molecule has 3 aromatic rings. The Hall–Kier alpha value is -3.19. The first-order valence-corrected chi connectivity index (χ1v) is 10.8. The fraction of sp³-hybridized carbons (Fsp3) is 0.375. The van der Waals surface area contributed by atoms with E-state index in [0.29, 0.717) is 18.3 Å². The van der Waals surface area contributed by atoms with Crippen molar-refractivity contribution in [2.75, 3.05) is 25.0 Å². The molecule has 1 amide bonds. The molecule has 5 rings (SSSR count). The van der Waals surface area contributed by atoms with E-state index >= 15 is 0 Å². The normalized spacial score (nSPS) is 22.7. The summed E-state index contributed by atoms with van der Waals surface area (Å²) in [6.07, 6.45) is 3.69. The van der Waals surface area contributed by atoms with Crippen molar-refractivity contribution in [2.45, 2.75) is 24.8 Å². The lowest BCUT2D eigenvalue weighted by molar-refractivity contribution is -0.118. The zero-order valence-corrected chi connectivity index (χ0v) is 17.6. The molecule has 1 aromatic carbocycles. The molecule has 4 heterocycles. The van der Waals surface area contributed by atoms with Crippen molar-refractivity contribution >= 4 is 11.7 Å². The van der Waals surface area contributed by atoms with Crippen LogP contribution in [0.3, 0.4) is 0 Å². The number of hydrogen-bond acceptors (Lipinski definition) is 4. The molecule has 31 heavy (non-hydrogen) atoms. The zero-order chi connectivity index (χ0) is 21.4. The van der Waals surface area contributed by atoms with Crippen LogP contribution in [-0.4, -0.2) is 44.8 Å². The van der Waals surface area contributed by atoms with E-state index in [4.69, 9.17) is 0 Å². The quantitative estimate of drug-likeness (QED) is 0.692. The first kappa shape index (κ1) is 19.8. The molecule has 2 bridgehead atoms. The number of piperidine rings is 1. The summed E-state index contributed by atoms with van der Waals surface area (Å²) < 4.78 is 3.70. The van der Waals surface area contributed by atoms with E-state index in [1.165, 1.54) is 5.56 Å². The van der Waals surface area contributed by atoms with Crippen LogP contribution < -0.4 is 10.9 Å². The number of pyridine rings is 1. The molecule has 1 N–H and O–H groups in total. The molecule has 0 unspecified atom stereocenters. The van der Waals surface area contributed by atoms with Crippen LogP contribution in [0.5, 0.6) is 0 Å². The van der Waals surface area contributed by atoms with Crippen molar-refractivity contribution in [3.63, 3.8) is 0 Å². The Balaban J connectivity index is 1.38. The van der Waals surface area contributed by atoms with E-state index < -0.39 is 0 Å². The predicted molar refractivity (Wildman–Crippen MR) is 119 cm³/mol. The Morgan fingerprint density at radius 3 is 2.71 bits per heavy atom. The van der Waals surface area contributed by atoms with Gasteiger partial charge in [0.1, 0.15) is 0 Å². The maximum Gasteiger partial charge on any atom is 0.251 e. The number of amides is 1. The molecule has 2 aromatic heterocycles. The summed E-state index contributed by atoms with van der Waals surface area (Å²) in [5, 5.41) is 7.11. The second-order valence-electron chi connectivity index (χ2n) is 8.73. The number of carbonyl (C=O) groups excluding carboxylic acids is 1. The molecule has 1 fully saturated rings. The summed E-state index contributed by atoms with van der Waals surface area (Å²) in [7, 11) is 1.83. The molecule has 2 aliphatic rings. The third-order valence-corrected chi connectivity index (χ3v) is 6.51. The number of rotatable bonds is 5. The van der Waals surface area contributed by atoms with Crippen molar-refractivity contribution < 1.29 is 4.79 Å². The number of nitrogens with zero attached hydrogens (tertiary/aromatic N) is 4. The third-order valence-electron chi connectivity index (χ3n) is 6.51. The van der Waals surface area contributed by atoms with Gasteiger partial charge in [-0.3, -0.25) is 19.2 Å². The van der Waals surface area contributed by atoms with Crippen LogP contribution in [-0.2, 0) is 18.3 Å². The Bertz CT molecular complexity index is 1140. The van der Waals surface area contributed by atoms with Gasteiger partial charge in [0.15, 0.2) is 5.82 Å². The van der Waals surface area contributed by atoms with Gasteiger partial charge >= 0.3 is 0 Å². The number of aryl methyl sites for hydroxylation is 1. The van der Waals surface area contributed by atoms with Crippen LogP contribution in [0.15, 0.2) is 65.6 Å². The van der Waals surface area contributed by atoms with Crippen molar-refractivity contribution in [1.29, 1.82) is 0 Å². The molecule has 1 saturated heterocycles. The van der Waals surface area contributed by atoms with E-state index in [-0.39, 0.29) is 23.4 Å². The molecular weight excluding hydrogens is 390 g/mol. The highest BCUT2D eigenvalue weighted by Gasteiger charge is 2.40. The number of carbonyl (C=O) groups is 1. The highest BCUT2D eigenvalue weighted by Crippen LogP contribution is 2.42. The highest BCUT2D eigenvalue weighted by atomic mass is 16.2. The number of anilines is 1. The number of fused-ring (bicyclic) bond motifs is 4. The molecule has 3 atom stereocenters. The van der Waals surface area contributed by atoms with Crippen LogP contribution in [0.4, 0.5) is 5.82 Å². The first-order valence-electron chi connectivity index (χ1n) is 10.8. The van der Waals surface area contributed by atoms with Gasteiger partial charge in [0.05, 0.1) is 6.54 Å². The molecule has 0 aliphatic carbocycles. The van der Waals surface area contributed by atoms with Crippen LogP contribution in [0.1, 0.15) is 29.6 Å². The lowest BCUT2D eigenvalue weighted by Crippen LogP contribution is -2.51.